The number of H-pyrrole nitrogens is 1. The molecule has 26 heavy (non-hydrogen) atoms. The van der Waals surface area contributed by atoms with E-state index in [4.69, 9.17) is 5.73 Å². The van der Waals surface area contributed by atoms with E-state index in [2.05, 4.69) is 20.5 Å². The number of pyridine rings is 1. The monoisotopic (exact) mass is 345 g/mol. The Morgan fingerprint density at radius 2 is 1.85 bits per heavy atom. The van der Waals surface area contributed by atoms with E-state index in [0.717, 1.165) is 33.7 Å². The van der Waals surface area contributed by atoms with Crippen molar-refractivity contribution in [1.82, 2.24) is 15.2 Å². The largest absolute Gasteiger partial charge is 0.396 e. The fraction of sp³-hybridized carbons (Fsp3) is 0. The molecule has 4 N–H and O–H groups in total. The summed E-state index contributed by atoms with van der Waals surface area (Å²) in [6.07, 6.45) is 5.60. The summed E-state index contributed by atoms with van der Waals surface area (Å²) in [6.45, 7) is 0. The molecule has 0 aliphatic heterocycles. The summed E-state index contributed by atoms with van der Waals surface area (Å²) in [4.78, 5) is 4.26. The molecule has 0 bridgehead atoms. The van der Waals surface area contributed by atoms with Crippen molar-refractivity contribution >= 4 is 40.1 Å². The lowest BCUT2D eigenvalue weighted by Crippen LogP contribution is -1.94. The zero-order valence-electron chi connectivity index (χ0n) is 13.8. The standard InChI is InChI=1S/C20H16FN5/c21-17-8-5-14(11-18(17)22)24-15-4-7-16-19(25-26-20(16)12-15)9-6-13-3-1-2-10-23-13/h1-12,24H,22H2,(H,25,26). The average Bonchev–Trinajstić information content (AvgIpc) is 3.06. The van der Waals surface area contributed by atoms with Gasteiger partial charge in [0.25, 0.3) is 0 Å². The smallest absolute Gasteiger partial charge is 0.146 e. The first kappa shape index (κ1) is 15.8. The lowest BCUT2D eigenvalue weighted by Gasteiger charge is -2.07. The highest BCUT2D eigenvalue weighted by Crippen LogP contribution is 2.25. The molecular weight excluding hydrogens is 329 g/mol. The van der Waals surface area contributed by atoms with Gasteiger partial charge in [-0.1, -0.05) is 6.07 Å². The number of halogens is 1. The molecule has 2 aromatic heterocycles. The van der Waals surface area contributed by atoms with Crippen LogP contribution in [0.25, 0.3) is 23.1 Å². The Kier molecular flexibility index (Phi) is 4.07. The van der Waals surface area contributed by atoms with E-state index in [1.165, 1.54) is 6.07 Å². The molecule has 4 aromatic rings. The van der Waals surface area contributed by atoms with Gasteiger partial charge in [0.05, 0.1) is 22.6 Å². The van der Waals surface area contributed by atoms with Gasteiger partial charge in [0.1, 0.15) is 5.82 Å². The third kappa shape index (κ3) is 3.25. The van der Waals surface area contributed by atoms with Crippen molar-refractivity contribution in [2.24, 2.45) is 0 Å². The first-order chi connectivity index (χ1) is 12.7. The molecule has 6 heteroatoms. The first-order valence-electron chi connectivity index (χ1n) is 8.08. The highest BCUT2D eigenvalue weighted by Gasteiger charge is 2.05. The molecule has 0 amide bonds. The van der Waals surface area contributed by atoms with E-state index in [1.807, 2.05) is 48.6 Å². The topological polar surface area (TPSA) is 79.6 Å². The molecule has 0 atom stereocenters. The second kappa shape index (κ2) is 6.68. The lowest BCUT2D eigenvalue weighted by molar-refractivity contribution is 0.633. The number of nitrogen functional groups attached to an aromatic ring is 1. The van der Waals surface area contributed by atoms with Crippen LogP contribution in [-0.2, 0) is 0 Å². The van der Waals surface area contributed by atoms with Crippen molar-refractivity contribution < 1.29 is 4.39 Å². The van der Waals surface area contributed by atoms with E-state index < -0.39 is 5.82 Å². The Hall–Kier alpha value is -3.67. The number of nitrogens with one attached hydrogen (secondary N) is 2. The van der Waals surface area contributed by atoms with Gasteiger partial charge < -0.3 is 11.1 Å². The quantitative estimate of drug-likeness (QED) is 0.473. The molecule has 0 radical (unpaired) electrons. The van der Waals surface area contributed by atoms with Gasteiger partial charge >= 0.3 is 0 Å². The first-order valence-corrected chi connectivity index (χ1v) is 8.08. The Labute approximate surface area is 149 Å². The molecule has 2 heterocycles. The van der Waals surface area contributed by atoms with Crippen molar-refractivity contribution in [3.63, 3.8) is 0 Å². The van der Waals surface area contributed by atoms with E-state index in [-0.39, 0.29) is 5.69 Å². The molecule has 128 valence electrons. The van der Waals surface area contributed by atoms with Gasteiger partial charge in [0.2, 0.25) is 0 Å². The number of nitrogens with zero attached hydrogens (tertiary/aromatic N) is 2. The van der Waals surface area contributed by atoms with Crippen LogP contribution >= 0.6 is 0 Å². The van der Waals surface area contributed by atoms with Gasteiger partial charge in [-0.2, -0.15) is 5.10 Å². The molecule has 5 nitrogen and oxygen atoms in total. The number of anilines is 3. The molecule has 0 saturated heterocycles. The summed E-state index contributed by atoms with van der Waals surface area (Å²) < 4.78 is 13.3. The van der Waals surface area contributed by atoms with E-state index in [9.17, 15) is 4.39 Å². The van der Waals surface area contributed by atoms with Gasteiger partial charge in [-0.15, -0.1) is 0 Å². The van der Waals surface area contributed by atoms with E-state index in [0.29, 0.717) is 0 Å². The second-order valence-electron chi connectivity index (χ2n) is 5.82. The van der Waals surface area contributed by atoms with Crippen molar-refractivity contribution in [1.29, 1.82) is 0 Å². The van der Waals surface area contributed by atoms with E-state index in [1.54, 1.807) is 18.3 Å². The van der Waals surface area contributed by atoms with Crippen molar-refractivity contribution in [2.45, 2.75) is 0 Å². The van der Waals surface area contributed by atoms with Crippen LogP contribution in [0.2, 0.25) is 0 Å². The number of nitrogens with two attached hydrogens (primary N) is 1. The molecule has 0 fully saturated rings. The summed E-state index contributed by atoms with van der Waals surface area (Å²) >= 11 is 0. The van der Waals surface area contributed by atoms with Gasteiger partial charge in [-0.3, -0.25) is 10.1 Å². The number of benzene rings is 2. The minimum absolute atomic E-state index is 0.111. The normalized spacial score (nSPS) is 11.3. The van der Waals surface area contributed by atoms with Crippen LogP contribution in [0.15, 0.2) is 60.8 Å². The number of rotatable bonds is 4. The summed E-state index contributed by atoms with van der Waals surface area (Å²) in [5, 5.41) is 11.6. The zero-order valence-corrected chi connectivity index (χ0v) is 13.8. The predicted octanol–water partition coefficient (Wildman–Crippen LogP) is 4.59. The Morgan fingerprint density at radius 1 is 1.00 bits per heavy atom. The molecular formula is C20H16FN5. The van der Waals surface area contributed by atoms with Crippen LogP contribution in [-0.4, -0.2) is 15.2 Å². The molecule has 0 unspecified atom stereocenters. The fourth-order valence-corrected chi connectivity index (χ4v) is 2.67. The number of hydrogen-bond acceptors (Lipinski definition) is 4. The van der Waals surface area contributed by atoms with Gasteiger partial charge in [-0.05, 0) is 60.7 Å². The number of aromatic nitrogens is 3. The lowest BCUT2D eigenvalue weighted by atomic mass is 10.1. The molecule has 0 aliphatic carbocycles. The predicted molar refractivity (Wildman–Crippen MR) is 103 cm³/mol. The van der Waals surface area contributed by atoms with Crippen LogP contribution in [0.1, 0.15) is 11.4 Å². The molecule has 4 rings (SSSR count). The van der Waals surface area contributed by atoms with E-state index >= 15 is 0 Å². The Morgan fingerprint density at radius 3 is 2.65 bits per heavy atom. The number of hydrogen-bond donors (Lipinski definition) is 3. The van der Waals surface area contributed by atoms with Gasteiger partial charge in [0, 0.05) is 23.0 Å². The van der Waals surface area contributed by atoms with Crippen molar-refractivity contribution in [3.8, 4) is 0 Å². The van der Waals surface area contributed by atoms with Crippen molar-refractivity contribution in [3.05, 3.63) is 78.0 Å². The highest BCUT2D eigenvalue weighted by molar-refractivity contribution is 5.91. The average molecular weight is 345 g/mol. The van der Waals surface area contributed by atoms with Crippen LogP contribution in [0, 0.1) is 5.82 Å². The molecule has 0 spiro atoms. The highest BCUT2D eigenvalue weighted by atomic mass is 19.1. The SMILES string of the molecule is Nc1cc(Nc2ccc3c(C=Cc4ccccn4)n[nH]c3c2)ccc1F. The molecule has 0 aliphatic rings. The van der Waals surface area contributed by atoms with Gasteiger partial charge in [-0.25, -0.2) is 4.39 Å². The minimum atomic E-state index is -0.427. The zero-order chi connectivity index (χ0) is 17.9. The second-order valence-corrected chi connectivity index (χ2v) is 5.82. The van der Waals surface area contributed by atoms with Crippen LogP contribution in [0.3, 0.4) is 0 Å². The summed E-state index contributed by atoms with van der Waals surface area (Å²) in [5.74, 6) is -0.427. The fourth-order valence-electron chi connectivity index (χ4n) is 2.67. The van der Waals surface area contributed by atoms with Crippen LogP contribution < -0.4 is 11.1 Å². The number of fused-ring (bicyclic) bond motifs is 1. The van der Waals surface area contributed by atoms with Crippen LogP contribution in [0.4, 0.5) is 21.5 Å². The Balaban J connectivity index is 1.59. The third-order valence-corrected chi connectivity index (χ3v) is 3.98. The van der Waals surface area contributed by atoms with Crippen LogP contribution in [0.5, 0.6) is 0 Å². The summed E-state index contributed by atoms with van der Waals surface area (Å²) in [5.41, 5.74) is 9.89. The van der Waals surface area contributed by atoms with Gasteiger partial charge in [0.15, 0.2) is 0 Å². The summed E-state index contributed by atoms with van der Waals surface area (Å²) in [7, 11) is 0. The molecule has 2 aromatic carbocycles. The number of aromatic amines is 1. The Bertz CT molecular complexity index is 1090. The summed E-state index contributed by atoms with van der Waals surface area (Å²) in [6, 6.07) is 16.2. The third-order valence-electron chi connectivity index (χ3n) is 3.98. The maximum atomic E-state index is 13.3. The molecule has 0 saturated carbocycles. The van der Waals surface area contributed by atoms with Crippen molar-refractivity contribution in [2.75, 3.05) is 11.1 Å². The maximum Gasteiger partial charge on any atom is 0.146 e. The minimum Gasteiger partial charge on any atom is -0.396 e. The maximum absolute atomic E-state index is 13.3.